The molecule has 1 saturated heterocycles. The molecule has 1 aromatic rings. The van der Waals surface area contributed by atoms with Gasteiger partial charge in [0.15, 0.2) is 0 Å². The number of hydrogen-bond acceptors (Lipinski definition) is 4. The van der Waals surface area contributed by atoms with Crippen molar-refractivity contribution in [2.75, 3.05) is 13.1 Å². The minimum Gasteiger partial charge on any atom is -0.481 e. The first kappa shape index (κ1) is 14.6. The summed E-state index contributed by atoms with van der Waals surface area (Å²) in [5.41, 5.74) is -0.903. The Morgan fingerprint density at radius 1 is 1.48 bits per heavy atom. The number of aliphatic carboxylic acids is 1. The van der Waals surface area contributed by atoms with Crippen LogP contribution in [0.3, 0.4) is 0 Å². The van der Waals surface area contributed by atoms with Gasteiger partial charge in [-0.15, -0.1) is 0 Å². The molecule has 3 rings (SSSR count). The fourth-order valence-electron chi connectivity index (χ4n) is 3.78. The summed E-state index contributed by atoms with van der Waals surface area (Å²) in [6.07, 6.45) is 2.19. The van der Waals surface area contributed by atoms with E-state index in [0.717, 1.165) is 12.8 Å². The number of sulfonamides is 1. The largest absolute Gasteiger partial charge is 0.481 e. The quantitative estimate of drug-likeness (QED) is 0.919. The van der Waals surface area contributed by atoms with Crippen molar-refractivity contribution in [3.8, 4) is 0 Å². The second-order valence-electron chi connectivity index (χ2n) is 6.13. The van der Waals surface area contributed by atoms with Crippen molar-refractivity contribution in [3.63, 3.8) is 0 Å². The fourth-order valence-corrected chi connectivity index (χ4v) is 5.55. The van der Waals surface area contributed by atoms with Crippen LogP contribution in [0.4, 0.5) is 0 Å². The molecule has 1 aliphatic carbocycles. The first-order valence-electron chi connectivity index (χ1n) is 7.08. The van der Waals surface area contributed by atoms with Crippen LogP contribution in [0.5, 0.6) is 0 Å². The number of nitrogens with zero attached hydrogens (tertiary/aromatic N) is 1. The number of aryl methyl sites for hydroxylation is 2. The number of furan rings is 1. The number of rotatable bonds is 3. The third-order valence-electron chi connectivity index (χ3n) is 4.88. The lowest BCUT2D eigenvalue weighted by Gasteiger charge is -2.23. The molecule has 2 fully saturated rings. The van der Waals surface area contributed by atoms with Gasteiger partial charge in [0.2, 0.25) is 10.0 Å². The lowest BCUT2D eigenvalue weighted by atomic mass is 9.81. The maximum absolute atomic E-state index is 12.7. The Balaban J connectivity index is 1.96. The molecule has 0 spiro atoms. The van der Waals surface area contributed by atoms with Crippen LogP contribution in [0.25, 0.3) is 0 Å². The molecule has 0 amide bonds. The molecule has 21 heavy (non-hydrogen) atoms. The molecule has 1 aliphatic heterocycles. The van der Waals surface area contributed by atoms with Crippen molar-refractivity contribution >= 4 is 16.0 Å². The summed E-state index contributed by atoms with van der Waals surface area (Å²) in [5.74, 6) is -0.0618. The van der Waals surface area contributed by atoms with E-state index in [0.29, 0.717) is 17.9 Å². The summed E-state index contributed by atoms with van der Waals surface area (Å²) in [6, 6.07) is 1.51. The molecule has 1 aromatic heterocycles. The van der Waals surface area contributed by atoms with E-state index in [1.165, 1.54) is 10.4 Å². The van der Waals surface area contributed by atoms with Crippen LogP contribution in [0, 0.1) is 25.2 Å². The Morgan fingerprint density at radius 2 is 2.19 bits per heavy atom. The van der Waals surface area contributed by atoms with Crippen molar-refractivity contribution < 1.29 is 22.7 Å². The van der Waals surface area contributed by atoms with Gasteiger partial charge in [0.05, 0.1) is 5.41 Å². The molecule has 7 heteroatoms. The number of hydrogen-bond donors (Lipinski definition) is 1. The van der Waals surface area contributed by atoms with E-state index < -0.39 is 21.4 Å². The molecular weight excluding hydrogens is 294 g/mol. The average molecular weight is 313 g/mol. The van der Waals surface area contributed by atoms with Crippen molar-refractivity contribution in [1.29, 1.82) is 0 Å². The first-order chi connectivity index (χ1) is 9.77. The van der Waals surface area contributed by atoms with Crippen LogP contribution < -0.4 is 0 Å². The maximum atomic E-state index is 12.7. The highest BCUT2D eigenvalue weighted by atomic mass is 32.2. The SMILES string of the molecule is Cc1cc(S(=O)(=O)N2C[C@@H]3CCC[C@@]3(C(=O)O)C2)c(C)o1. The number of fused-ring (bicyclic) bond motifs is 1. The summed E-state index contributed by atoms with van der Waals surface area (Å²) < 4.78 is 32.1. The number of carboxylic acids is 1. The van der Waals surface area contributed by atoms with Gasteiger partial charge in [-0.3, -0.25) is 4.79 Å². The second kappa shape index (κ2) is 4.58. The first-order valence-corrected chi connectivity index (χ1v) is 8.52. The molecule has 1 saturated carbocycles. The van der Waals surface area contributed by atoms with Gasteiger partial charge in [0.1, 0.15) is 16.4 Å². The van der Waals surface area contributed by atoms with Crippen LogP contribution in [-0.4, -0.2) is 36.9 Å². The molecule has 6 nitrogen and oxygen atoms in total. The van der Waals surface area contributed by atoms with Gasteiger partial charge in [-0.1, -0.05) is 6.42 Å². The monoisotopic (exact) mass is 313 g/mol. The van der Waals surface area contributed by atoms with E-state index in [9.17, 15) is 18.3 Å². The van der Waals surface area contributed by atoms with Crippen LogP contribution in [-0.2, 0) is 14.8 Å². The van der Waals surface area contributed by atoms with Gasteiger partial charge in [-0.05, 0) is 38.7 Å². The molecule has 2 atom stereocenters. The van der Waals surface area contributed by atoms with E-state index in [4.69, 9.17) is 4.42 Å². The average Bonchev–Trinajstić information content (AvgIpc) is 3.00. The molecule has 116 valence electrons. The molecule has 2 heterocycles. The highest BCUT2D eigenvalue weighted by molar-refractivity contribution is 7.89. The predicted octanol–water partition coefficient (Wildman–Crippen LogP) is 1.77. The van der Waals surface area contributed by atoms with E-state index >= 15 is 0 Å². The van der Waals surface area contributed by atoms with Crippen LogP contribution in [0.1, 0.15) is 30.8 Å². The Hall–Kier alpha value is -1.34. The highest BCUT2D eigenvalue weighted by Gasteiger charge is 2.57. The third-order valence-corrected chi connectivity index (χ3v) is 6.80. The minimum atomic E-state index is -3.69. The summed E-state index contributed by atoms with van der Waals surface area (Å²) >= 11 is 0. The molecule has 2 aliphatic rings. The lowest BCUT2D eigenvalue weighted by Crippen LogP contribution is -2.37. The number of carbonyl (C=O) groups is 1. The zero-order chi connectivity index (χ0) is 15.4. The zero-order valence-electron chi connectivity index (χ0n) is 12.1. The lowest BCUT2D eigenvalue weighted by molar-refractivity contribution is -0.149. The summed E-state index contributed by atoms with van der Waals surface area (Å²) in [7, 11) is -3.69. The maximum Gasteiger partial charge on any atom is 0.311 e. The topological polar surface area (TPSA) is 87.8 Å². The highest BCUT2D eigenvalue weighted by Crippen LogP contribution is 2.50. The van der Waals surface area contributed by atoms with E-state index in [2.05, 4.69) is 0 Å². The Labute approximate surface area is 123 Å². The van der Waals surface area contributed by atoms with Crippen LogP contribution in [0.2, 0.25) is 0 Å². The van der Waals surface area contributed by atoms with Gasteiger partial charge in [-0.2, -0.15) is 4.31 Å². The minimum absolute atomic E-state index is 0.0685. The van der Waals surface area contributed by atoms with Gasteiger partial charge in [-0.25, -0.2) is 8.42 Å². The standard InChI is InChI=1S/C14H19NO5S/c1-9-6-12(10(2)20-9)21(18,19)15-7-11-4-3-5-14(11,8-15)13(16)17/h6,11H,3-5,7-8H2,1-2H3,(H,16,17)/t11-,14+/m0/s1. The third kappa shape index (κ3) is 2.02. The van der Waals surface area contributed by atoms with Crippen molar-refractivity contribution in [2.45, 2.75) is 38.0 Å². The smallest absolute Gasteiger partial charge is 0.311 e. The van der Waals surface area contributed by atoms with Gasteiger partial charge in [0, 0.05) is 13.1 Å². The summed E-state index contributed by atoms with van der Waals surface area (Å²) in [5, 5.41) is 9.55. The summed E-state index contributed by atoms with van der Waals surface area (Å²) in [6.45, 7) is 3.67. The van der Waals surface area contributed by atoms with E-state index in [-0.39, 0.29) is 23.9 Å². The zero-order valence-corrected chi connectivity index (χ0v) is 12.9. The Kier molecular flexibility index (Phi) is 3.18. The Morgan fingerprint density at radius 3 is 2.71 bits per heavy atom. The molecule has 0 aromatic carbocycles. The van der Waals surface area contributed by atoms with E-state index in [1.54, 1.807) is 13.8 Å². The van der Waals surface area contributed by atoms with Gasteiger partial charge in [0.25, 0.3) is 0 Å². The Bertz CT molecular complexity index is 692. The number of carboxylic acid groups (broad SMARTS) is 1. The molecule has 0 radical (unpaired) electrons. The van der Waals surface area contributed by atoms with E-state index in [1.807, 2.05) is 0 Å². The molecule has 1 N–H and O–H groups in total. The molecule has 0 bridgehead atoms. The van der Waals surface area contributed by atoms with Gasteiger partial charge >= 0.3 is 5.97 Å². The normalized spacial score (nSPS) is 29.7. The second-order valence-corrected chi connectivity index (χ2v) is 8.03. The van der Waals surface area contributed by atoms with Crippen molar-refractivity contribution in [1.82, 2.24) is 4.31 Å². The molecular formula is C14H19NO5S. The van der Waals surface area contributed by atoms with Crippen molar-refractivity contribution in [2.24, 2.45) is 11.3 Å². The summed E-state index contributed by atoms with van der Waals surface area (Å²) in [4.78, 5) is 11.8. The fraction of sp³-hybridized carbons (Fsp3) is 0.643. The van der Waals surface area contributed by atoms with Crippen LogP contribution in [0.15, 0.2) is 15.4 Å². The molecule has 0 unspecified atom stereocenters. The van der Waals surface area contributed by atoms with Crippen molar-refractivity contribution in [3.05, 3.63) is 17.6 Å². The van der Waals surface area contributed by atoms with Gasteiger partial charge < -0.3 is 9.52 Å². The predicted molar refractivity (Wildman–Crippen MR) is 74.4 cm³/mol. The van der Waals surface area contributed by atoms with Crippen LogP contribution >= 0.6 is 0 Å².